The van der Waals surface area contributed by atoms with Crippen molar-refractivity contribution >= 4 is 15.9 Å². The number of aromatic hydroxyl groups is 1. The predicted molar refractivity (Wildman–Crippen MR) is 66.8 cm³/mol. The van der Waals surface area contributed by atoms with Gasteiger partial charge in [0, 0.05) is 18.7 Å². The lowest BCUT2D eigenvalue weighted by Gasteiger charge is -2.26. The van der Waals surface area contributed by atoms with Crippen LogP contribution in [0.4, 0.5) is 0 Å². The molecule has 0 spiro atoms. The monoisotopic (exact) mass is 285 g/mol. The minimum absolute atomic E-state index is 0.0503. The van der Waals surface area contributed by atoms with E-state index in [1.54, 1.807) is 0 Å². The van der Waals surface area contributed by atoms with Gasteiger partial charge in [0.05, 0.1) is 17.2 Å². The fourth-order valence-electron chi connectivity index (χ4n) is 2.11. The Morgan fingerprint density at radius 3 is 2.81 bits per heavy atom. The molecule has 2 N–H and O–H groups in total. The third-order valence-electron chi connectivity index (χ3n) is 2.92. The van der Waals surface area contributed by atoms with Gasteiger partial charge in [0.15, 0.2) is 0 Å². The average molecular weight is 286 g/mol. The van der Waals surface area contributed by atoms with Crippen LogP contribution in [-0.4, -0.2) is 24.8 Å². The number of ether oxygens (including phenoxy) is 1. The van der Waals surface area contributed by atoms with Crippen molar-refractivity contribution in [3.05, 3.63) is 27.2 Å². The van der Waals surface area contributed by atoms with Crippen LogP contribution in [0, 0.1) is 13.8 Å². The van der Waals surface area contributed by atoms with Gasteiger partial charge >= 0.3 is 0 Å². The summed E-state index contributed by atoms with van der Waals surface area (Å²) in [4.78, 5) is 0. The zero-order valence-electron chi connectivity index (χ0n) is 9.51. The van der Waals surface area contributed by atoms with E-state index in [1.165, 1.54) is 0 Å². The number of hydrogen-bond donors (Lipinski definition) is 2. The highest BCUT2D eigenvalue weighted by Gasteiger charge is 2.23. The number of phenols is 1. The molecule has 0 saturated carbocycles. The second-order valence-electron chi connectivity index (χ2n) is 4.15. The van der Waals surface area contributed by atoms with Crippen molar-refractivity contribution in [1.82, 2.24) is 5.32 Å². The Kier molecular flexibility index (Phi) is 3.52. The quantitative estimate of drug-likeness (QED) is 0.833. The SMILES string of the molecule is Cc1cc(C)c(C2CNCCO2)c(O)c1Br. The maximum absolute atomic E-state index is 10.2. The van der Waals surface area contributed by atoms with Crippen LogP contribution in [0.2, 0.25) is 0 Å². The summed E-state index contributed by atoms with van der Waals surface area (Å²) in [5.74, 6) is 0.311. The molecule has 1 saturated heterocycles. The molecule has 1 aromatic carbocycles. The van der Waals surface area contributed by atoms with E-state index in [0.717, 1.165) is 34.3 Å². The number of rotatable bonds is 1. The maximum atomic E-state index is 10.2. The molecule has 0 aliphatic carbocycles. The Labute approximate surface area is 104 Å². The number of nitrogens with one attached hydrogen (secondary N) is 1. The summed E-state index contributed by atoms with van der Waals surface area (Å²) in [6.45, 7) is 6.30. The summed E-state index contributed by atoms with van der Waals surface area (Å²) >= 11 is 3.40. The fourth-order valence-corrected chi connectivity index (χ4v) is 2.44. The van der Waals surface area contributed by atoms with Gasteiger partial charge in [-0.25, -0.2) is 0 Å². The van der Waals surface area contributed by atoms with Crippen molar-refractivity contribution in [2.75, 3.05) is 19.7 Å². The van der Waals surface area contributed by atoms with E-state index < -0.39 is 0 Å². The summed E-state index contributed by atoms with van der Waals surface area (Å²) in [6.07, 6.45) is -0.0503. The van der Waals surface area contributed by atoms with Gasteiger partial charge in [-0.2, -0.15) is 0 Å². The molecule has 88 valence electrons. The van der Waals surface area contributed by atoms with Gasteiger partial charge < -0.3 is 15.2 Å². The first kappa shape index (κ1) is 11.9. The third kappa shape index (κ3) is 2.10. The molecule has 1 atom stereocenters. The van der Waals surface area contributed by atoms with E-state index in [9.17, 15) is 5.11 Å². The number of phenolic OH excluding ortho intramolecular Hbond substituents is 1. The number of benzene rings is 1. The van der Waals surface area contributed by atoms with E-state index in [4.69, 9.17) is 4.74 Å². The molecule has 1 heterocycles. The first-order valence-electron chi connectivity index (χ1n) is 5.42. The number of aryl methyl sites for hydroxylation is 2. The Hall–Kier alpha value is -0.580. The number of halogens is 1. The molecular formula is C12H16BrNO2. The number of morpholine rings is 1. The van der Waals surface area contributed by atoms with Crippen molar-refractivity contribution < 1.29 is 9.84 Å². The molecule has 1 aromatic rings. The first-order valence-corrected chi connectivity index (χ1v) is 6.21. The Bertz CT molecular complexity index is 400. The summed E-state index contributed by atoms with van der Waals surface area (Å²) < 4.78 is 6.44. The highest BCUT2D eigenvalue weighted by Crippen LogP contribution is 2.38. The standard InChI is InChI=1S/C12H16BrNO2/c1-7-5-8(2)11(13)12(15)10(7)9-6-14-3-4-16-9/h5,9,14-15H,3-4,6H2,1-2H3. The zero-order chi connectivity index (χ0) is 11.7. The molecule has 1 fully saturated rings. The predicted octanol–water partition coefficient (Wildman–Crippen LogP) is 2.43. The van der Waals surface area contributed by atoms with E-state index >= 15 is 0 Å². The zero-order valence-corrected chi connectivity index (χ0v) is 11.1. The number of hydrogen-bond acceptors (Lipinski definition) is 3. The molecule has 2 rings (SSSR count). The van der Waals surface area contributed by atoms with Gasteiger partial charge in [-0.05, 0) is 40.9 Å². The molecule has 3 nitrogen and oxygen atoms in total. The van der Waals surface area contributed by atoms with Crippen LogP contribution in [-0.2, 0) is 4.74 Å². The summed E-state index contributed by atoms with van der Waals surface area (Å²) in [7, 11) is 0. The molecule has 0 aromatic heterocycles. The summed E-state index contributed by atoms with van der Waals surface area (Å²) in [5.41, 5.74) is 3.01. The molecular weight excluding hydrogens is 270 g/mol. The largest absolute Gasteiger partial charge is 0.506 e. The van der Waals surface area contributed by atoms with Crippen LogP contribution >= 0.6 is 15.9 Å². The van der Waals surface area contributed by atoms with Crippen LogP contribution in [0.1, 0.15) is 22.8 Å². The van der Waals surface area contributed by atoms with Gasteiger partial charge in [0.25, 0.3) is 0 Å². The smallest absolute Gasteiger partial charge is 0.136 e. The lowest BCUT2D eigenvalue weighted by Crippen LogP contribution is -2.33. The molecule has 1 aliphatic heterocycles. The van der Waals surface area contributed by atoms with Crippen molar-refractivity contribution in [3.63, 3.8) is 0 Å². The Morgan fingerprint density at radius 1 is 1.44 bits per heavy atom. The van der Waals surface area contributed by atoms with Crippen molar-refractivity contribution in [2.45, 2.75) is 20.0 Å². The second-order valence-corrected chi connectivity index (χ2v) is 4.94. The first-order chi connectivity index (χ1) is 7.61. The maximum Gasteiger partial charge on any atom is 0.136 e. The summed E-state index contributed by atoms with van der Waals surface area (Å²) in [6, 6.07) is 2.07. The molecule has 0 amide bonds. The lowest BCUT2D eigenvalue weighted by atomic mass is 9.99. The van der Waals surface area contributed by atoms with Crippen molar-refractivity contribution in [1.29, 1.82) is 0 Å². The molecule has 1 aliphatic rings. The van der Waals surface area contributed by atoms with Crippen LogP contribution in [0.15, 0.2) is 10.5 Å². The molecule has 1 unspecified atom stereocenters. The topological polar surface area (TPSA) is 41.5 Å². The van der Waals surface area contributed by atoms with Gasteiger partial charge in [-0.15, -0.1) is 0 Å². The van der Waals surface area contributed by atoms with Gasteiger partial charge in [0.1, 0.15) is 5.75 Å². The van der Waals surface area contributed by atoms with Crippen LogP contribution in [0.5, 0.6) is 5.75 Å². The highest BCUT2D eigenvalue weighted by molar-refractivity contribution is 9.10. The minimum atomic E-state index is -0.0503. The fraction of sp³-hybridized carbons (Fsp3) is 0.500. The van der Waals surface area contributed by atoms with Crippen LogP contribution in [0.25, 0.3) is 0 Å². The minimum Gasteiger partial charge on any atom is -0.506 e. The summed E-state index contributed by atoms with van der Waals surface area (Å²) in [5, 5.41) is 13.4. The molecule has 0 radical (unpaired) electrons. The van der Waals surface area contributed by atoms with E-state index in [0.29, 0.717) is 12.4 Å². The second kappa shape index (κ2) is 4.73. The van der Waals surface area contributed by atoms with Gasteiger partial charge in [-0.3, -0.25) is 0 Å². The van der Waals surface area contributed by atoms with Crippen molar-refractivity contribution in [2.24, 2.45) is 0 Å². The van der Waals surface area contributed by atoms with Crippen LogP contribution < -0.4 is 5.32 Å². The van der Waals surface area contributed by atoms with Gasteiger partial charge in [0.2, 0.25) is 0 Å². The average Bonchev–Trinajstić information content (AvgIpc) is 2.28. The van der Waals surface area contributed by atoms with E-state index in [2.05, 4.69) is 27.3 Å². The highest BCUT2D eigenvalue weighted by atomic mass is 79.9. The van der Waals surface area contributed by atoms with E-state index in [1.807, 2.05) is 13.8 Å². The molecule has 16 heavy (non-hydrogen) atoms. The van der Waals surface area contributed by atoms with Crippen LogP contribution in [0.3, 0.4) is 0 Å². The molecule has 4 heteroatoms. The normalized spacial score (nSPS) is 21.1. The third-order valence-corrected chi connectivity index (χ3v) is 3.92. The van der Waals surface area contributed by atoms with Gasteiger partial charge in [-0.1, -0.05) is 6.07 Å². The Balaban J connectivity index is 2.42. The molecule has 0 bridgehead atoms. The van der Waals surface area contributed by atoms with Crippen molar-refractivity contribution in [3.8, 4) is 5.75 Å². The van der Waals surface area contributed by atoms with E-state index in [-0.39, 0.29) is 6.10 Å². The Morgan fingerprint density at radius 2 is 2.19 bits per heavy atom. The lowest BCUT2D eigenvalue weighted by molar-refractivity contribution is 0.0258.